The van der Waals surface area contributed by atoms with Gasteiger partial charge in [0.05, 0.1) is 29.1 Å². The molecule has 1 aromatic heterocycles. The van der Waals surface area contributed by atoms with E-state index in [1.54, 1.807) is 34.9 Å². The second kappa shape index (κ2) is 10.5. The van der Waals surface area contributed by atoms with Crippen LogP contribution in [0.1, 0.15) is 25.8 Å². The minimum atomic E-state index is -0.200. The van der Waals surface area contributed by atoms with E-state index in [0.29, 0.717) is 45.7 Å². The molecule has 1 N–H and O–H groups in total. The molecule has 0 spiro atoms. The summed E-state index contributed by atoms with van der Waals surface area (Å²) in [5, 5.41) is 13.1. The number of amides is 1. The molecule has 0 saturated carbocycles. The number of nitriles is 1. The van der Waals surface area contributed by atoms with E-state index >= 15 is 0 Å². The van der Waals surface area contributed by atoms with E-state index in [0.717, 1.165) is 12.0 Å². The summed E-state index contributed by atoms with van der Waals surface area (Å²) in [5.74, 6) is 0.340. The van der Waals surface area contributed by atoms with Crippen molar-refractivity contribution in [2.24, 2.45) is 5.92 Å². The van der Waals surface area contributed by atoms with Crippen molar-refractivity contribution in [2.75, 3.05) is 11.1 Å². The van der Waals surface area contributed by atoms with Crippen LogP contribution in [0.4, 0.5) is 5.69 Å². The smallest absolute Gasteiger partial charge is 0.262 e. The maximum Gasteiger partial charge on any atom is 0.262 e. The zero-order chi connectivity index (χ0) is 22.4. The molecule has 2 aromatic carbocycles. The number of rotatable bonds is 8. The molecule has 1 heterocycles. The number of fused-ring (bicyclic) bond motifs is 1. The molecule has 0 aliphatic carbocycles. The Hall–Kier alpha value is -2.82. The van der Waals surface area contributed by atoms with Gasteiger partial charge >= 0.3 is 0 Å². The molecule has 0 aliphatic rings. The first kappa shape index (κ1) is 22.9. The summed E-state index contributed by atoms with van der Waals surface area (Å²) in [6, 6.07) is 14.3. The highest BCUT2D eigenvalue weighted by atomic mass is 35.5. The molecule has 3 aromatic rings. The first-order valence-corrected chi connectivity index (χ1v) is 11.3. The van der Waals surface area contributed by atoms with Crippen molar-refractivity contribution in [3.8, 4) is 6.07 Å². The van der Waals surface area contributed by atoms with Gasteiger partial charge in [0.25, 0.3) is 5.56 Å². The van der Waals surface area contributed by atoms with Crippen molar-refractivity contribution in [1.29, 1.82) is 5.26 Å². The SMILES string of the molecule is CC(C)CCn1c(SCC(=O)Nc2ccc(CC#N)cc2)nc2cc(Cl)ccc2c1=O. The molecule has 0 bridgehead atoms. The first-order valence-electron chi connectivity index (χ1n) is 9.96. The molecule has 0 atom stereocenters. The summed E-state index contributed by atoms with van der Waals surface area (Å²) in [7, 11) is 0. The fourth-order valence-corrected chi connectivity index (χ4v) is 3.98. The quantitative estimate of drug-likeness (QED) is 0.386. The summed E-state index contributed by atoms with van der Waals surface area (Å²) in [6.07, 6.45) is 1.16. The molecule has 31 heavy (non-hydrogen) atoms. The van der Waals surface area contributed by atoms with Crippen molar-refractivity contribution >= 4 is 45.9 Å². The molecule has 1 amide bonds. The number of nitrogens with zero attached hydrogens (tertiary/aromatic N) is 3. The zero-order valence-corrected chi connectivity index (χ0v) is 19.0. The van der Waals surface area contributed by atoms with Crippen LogP contribution in [0.25, 0.3) is 10.9 Å². The lowest BCUT2D eigenvalue weighted by atomic mass is 10.1. The Labute approximate surface area is 190 Å². The fourth-order valence-electron chi connectivity index (χ4n) is 2.99. The number of hydrogen-bond donors (Lipinski definition) is 1. The molecule has 0 aliphatic heterocycles. The van der Waals surface area contributed by atoms with Gasteiger partial charge in [0, 0.05) is 17.3 Å². The fraction of sp³-hybridized carbons (Fsp3) is 0.304. The van der Waals surface area contributed by atoms with Gasteiger partial charge in [-0.3, -0.25) is 14.2 Å². The van der Waals surface area contributed by atoms with Gasteiger partial charge in [-0.25, -0.2) is 4.98 Å². The molecule has 0 unspecified atom stereocenters. The number of carbonyl (C=O) groups is 1. The monoisotopic (exact) mass is 454 g/mol. The van der Waals surface area contributed by atoms with E-state index in [4.69, 9.17) is 16.9 Å². The van der Waals surface area contributed by atoms with E-state index in [1.165, 1.54) is 11.8 Å². The third kappa shape index (κ3) is 6.09. The van der Waals surface area contributed by atoms with Gasteiger partial charge in [0.1, 0.15) is 0 Å². The van der Waals surface area contributed by atoms with Crippen molar-refractivity contribution in [3.05, 3.63) is 63.4 Å². The second-order valence-corrected chi connectivity index (χ2v) is 8.94. The average molecular weight is 455 g/mol. The topological polar surface area (TPSA) is 87.8 Å². The van der Waals surface area contributed by atoms with E-state index < -0.39 is 0 Å². The number of nitrogens with one attached hydrogen (secondary N) is 1. The molecule has 0 fully saturated rings. The third-order valence-electron chi connectivity index (χ3n) is 4.67. The molecule has 8 heteroatoms. The van der Waals surface area contributed by atoms with E-state index in [9.17, 15) is 9.59 Å². The van der Waals surface area contributed by atoms with Crippen molar-refractivity contribution in [3.63, 3.8) is 0 Å². The Morgan fingerprint density at radius 1 is 1.26 bits per heavy atom. The number of anilines is 1. The van der Waals surface area contributed by atoms with E-state index in [2.05, 4.69) is 30.2 Å². The van der Waals surface area contributed by atoms with Crippen LogP contribution in [0.15, 0.2) is 52.4 Å². The summed E-state index contributed by atoms with van der Waals surface area (Å²) in [5.41, 5.74) is 1.94. The largest absolute Gasteiger partial charge is 0.325 e. The van der Waals surface area contributed by atoms with Crippen LogP contribution >= 0.6 is 23.4 Å². The van der Waals surface area contributed by atoms with Crippen molar-refractivity contribution < 1.29 is 4.79 Å². The Kier molecular flexibility index (Phi) is 7.72. The number of carbonyl (C=O) groups excluding carboxylic acids is 1. The lowest BCUT2D eigenvalue weighted by molar-refractivity contribution is -0.113. The van der Waals surface area contributed by atoms with Crippen LogP contribution < -0.4 is 10.9 Å². The Bertz CT molecular complexity index is 1180. The molecule has 3 rings (SSSR count). The second-order valence-electron chi connectivity index (χ2n) is 7.56. The minimum absolute atomic E-state index is 0.111. The number of halogens is 1. The normalized spacial score (nSPS) is 10.9. The molecule has 160 valence electrons. The standard InChI is InChI=1S/C23H23ClN4O2S/c1-15(2)10-12-28-22(30)19-8-5-17(24)13-20(19)27-23(28)31-14-21(29)26-18-6-3-16(4-7-18)9-11-25/h3-8,13,15H,9-10,12,14H2,1-2H3,(H,26,29). The van der Waals surface area contributed by atoms with Crippen LogP contribution in [-0.4, -0.2) is 21.2 Å². The van der Waals surface area contributed by atoms with Crippen LogP contribution in [0.2, 0.25) is 5.02 Å². The lowest BCUT2D eigenvalue weighted by Gasteiger charge is -2.14. The number of thioether (sulfide) groups is 1. The highest BCUT2D eigenvalue weighted by molar-refractivity contribution is 7.99. The molecular weight excluding hydrogens is 432 g/mol. The van der Waals surface area contributed by atoms with Gasteiger partial charge < -0.3 is 5.32 Å². The van der Waals surface area contributed by atoms with Crippen LogP contribution in [-0.2, 0) is 17.8 Å². The highest BCUT2D eigenvalue weighted by Crippen LogP contribution is 2.22. The average Bonchev–Trinajstić information content (AvgIpc) is 2.73. The van der Waals surface area contributed by atoms with Crippen LogP contribution in [0, 0.1) is 17.2 Å². The number of hydrogen-bond acceptors (Lipinski definition) is 5. The molecule has 0 saturated heterocycles. The Morgan fingerprint density at radius 3 is 2.68 bits per heavy atom. The van der Waals surface area contributed by atoms with Gasteiger partial charge in [-0.05, 0) is 48.2 Å². The van der Waals surface area contributed by atoms with Crippen LogP contribution in [0.5, 0.6) is 0 Å². The van der Waals surface area contributed by atoms with Gasteiger partial charge in [-0.15, -0.1) is 0 Å². The van der Waals surface area contributed by atoms with Gasteiger partial charge in [-0.2, -0.15) is 5.26 Å². The third-order valence-corrected chi connectivity index (χ3v) is 5.88. The summed E-state index contributed by atoms with van der Waals surface area (Å²) in [4.78, 5) is 30.1. The highest BCUT2D eigenvalue weighted by Gasteiger charge is 2.14. The van der Waals surface area contributed by atoms with Gasteiger partial charge in [-0.1, -0.05) is 49.3 Å². The predicted octanol–water partition coefficient (Wildman–Crippen LogP) is 4.89. The number of benzene rings is 2. The Morgan fingerprint density at radius 2 is 2.00 bits per heavy atom. The molecule has 6 nitrogen and oxygen atoms in total. The van der Waals surface area contributed by atoms with Crippen LogP contribution in [0.3, 0.4) is 0 Å². The van der Waals surface area contributed by atoms with Gasteiger partial charge in [0.2, 0.25) is 5.91 Å². The summed E-state index contributed by atoms with van der Waals surface area (Å²) < 4.78 is 1.64. The lowest BCUT2D eigenvalue weighted by Crippen LogP contribution is -2.25. The summed E-state index contributed by atoms with van der Waals surface area (Å²) in [6.45, 7) is 4.73. The molecular formula is C23H23ClN4O2S. The predicted molar refractivity (Wildman–Crippen MR) is 126 cm³/mol. The van der Waals surface area contributed by atoms with Crippen molar-refractivity contribution in [2.45, 2.75) is 38.4 Å². The molecule has 0 radical (unpaired) electrons. The van der Waals surface area contributed by atoms with Crippen molar-refractivity contribution in [1.82, 2.24) is 9.55 Å². The summed E-state index contributed by atoms with van der Waals surface area (Å²) >= 11 is 7.30. The van der Waals surface area contributed by atoms with Gasteiger partial charge in [0.15, 0.2) is 5.16 Å². The first-order chi connectivity index (χ1) is 14.9. The minimum Gasteiger partial charge on any atom is -0.325 e. The maximum atomic E-state index is 13.0. The Balaban J connectivity index is 1.78. The van der Waals surface area contributed by atoms with E-state index in [1.807, 2.05) is 12.1 Å². The van der Waals surface area contributed by atoms with E-state index in [-0.39, 0.29) is 17.2 Å². The zero-order valence-electron chi connectivity index (χ0n) is 17.4. The number of aromatic nitrogens is 2. The maximum absolute atomic E-state index is 13.0.